The highest BCUT2D eigenvalue weighted by atomic mass is 32.2. The lowest BCUT2D eigenvalue weighted by Crippen LogP contribution is -2.38. The van der Waals surface area contributed by atoms with Crippen LogP contribution in [0.2, 0.25) is 0 Å². The number of carboxylic acids is 1. The Labute approximate surface area is 154 Å². The molecule has 2 unspecified atom stereocenters. The Balaban J connectivity index is 1.74. The number of rotatable bonds is 4. The molecule has 8 heteroatoms. The first kappa shape index (κ1) is 16.5. The molecule has 1 aliphatic heterocycles. The van der Waals surface area contributed by atoms with Gasteiger partial charge >= 0.3 is 5.97 Å². The summed E-state index contributed by atoms with van der Waals surface area (Å²) in [7, 11) is 1.60. The maximum Gasteiger partial charge on any atom is 0.319 e. The van der Waals surface area contributed by atoms with Crippen molar-refractivity contribution in [2.24, 2.45) is 0 Å². The number of carbonyl (C=O) groups is 1. The molecule has 7 nitrogen and oxygen atoms in total. The highest BCUT2D eigenvalue weighted by molar-refractivity contribution is 8.00. The van der Waals surface area contributed by atoms with E-state index in [2.05, 4.69) is 15.6 Å². The molecule has 0 radical (unpaired) electrons. The molecule has 132 valence electrons. The van der Waals surface area contributed by atoms with Crippen LogP contribution in [0.15, 0.2) is 59.8 Å². The van der Waals surface area contributed by atoms with Crippen molar-refractivity contribution in [3.63, 3.8) is 0 Å². The zero-order valence-corrected chi connectivity index (χ0v) is 14.7. The number of carboxylic acid groups (broad SMARTS) is 1. The zero-order valence-electron chi connectivity index (χ0n) is 13.9. The number of fused-ring (bicyclic) bond motifs is 1. The van der Waals surface area contributed by atoms with Crippen LogP contribution >= 0.6 is 11.8 Å². The van der Waals surface area contributed by atoms with Crippen LogP contribution in [0.25, 0.3) is 11.4 Å². The highest BCUT2D eigenvalue weighted by Crippen LogP contribution is 2.38. The van der Waals surface area contributed by atoms with Crippen molar-refractivity contribution in [3.05, 3.63) is 60.2 Å². The molecular weight excluding hydrogens is 352 g/mol. The third kappa shape index (κ3) is 2.88. The predicted molar refractivity (Wildman–Crippen MR) is 97.8 cm³/mol. The number of hydrogen-bond acceptors (Lipinski definition) is 6. The summed E-state index contributed by atoms with van der Waals surface area (Å²) in [5.41, 5.74) is 5.03. The number of hydrogen-bond donors (Lipinski definition) is 2. The van der Waals surface area contributed by atoms with Crippen LogP contribution in [-0.2, 0) is 4.79 Å². The number of nitrogens with zero attached hydrogens (tertiary/aromatic N) is 3. The summed E-state index contributed by atoms with van der Waals surface area (Å²) in [5, 5.41) is 17.9. The van der Waals surface area contributed by atoms with Gasteiger partial charge in [0.05, 0.1) is 13.2 Å². The van der Waals surface area contributed by atoms with E-state index < -0.39 is 17.3 Å². The van der Waals surface area contributed by atoms with Crippen LogP contribution in [0.3, 0.4) is 0 Å². The van der Waals surface area contributed by atoms with E-state index in [-0.39, 0.29) is 0 Å². The molecule has 2 aromatic carbocycles. The average Bonchev–Trinajstić information content (AvgIpc) is 3.10. The Bertz CT molecular complexity index is 927. The summed E-state index contributed by atoms with van der Waals surface area (Å²) in [6, 6.07) is 16.6. The minimum atomic E-state index is -0.904. The normalized spacial score (nSPS) is 18.7. The van der Waals surface area contributed by atoms with Gasteiger partial charge < -0.3 is 15.3 Å². The van der Waals surface area contributed by atoms with Crippen LogP contribution in [-0.4, -0.2) is 38.3 Å². The predicted octanol–water partition coefficient (Wildman–Crippen LogP) is 2.80. The van der Waals surface area contributed by atoms with E-state index in [0.717, 1.165) is 16.9 Å². The molecule has 0 fully saturated rings. The second-order valence-corrected chi connectivity index (χ2v) is 6.87. The van der Waals surface area contributed by atoms with Gasteiger partial charge in [0, 0.05) is 5.56 Å². The Morgan fingerprint density at radius 1 is 1.15 bits per heavy atom. The van der Waals surface area contributed by atoms with Gasteiger partial charge in [-0.2, -0.15) is 0 Å². The second-order valence-electron chi connectivity index (χ2n) is 5.76. The Hall–Kier alpha value is -3.00. The first-order chi connectivity index (χ1) is 12.7. The lowest BCUT2D eigenvalue weighted by Gasteiger charge is -2.31. The van der Waals surface area contributed by atoms with Crippen molar-refractivity contribution in [3.8, 4) is 17.1 Å². The minimum absolute atomic E-state index is 0.436. The van der Waals surface area contributed by atoms with Gasteiger partial charge in [0.2, 0.25) is 5.16 Å². The summed E-state index contributed by atoms with van der Waals surface area (Å²) in [5.74, 6) is 0.466. The molecule has 0 saturated heterocycles. The van der Waals surface area contributed by atoms with Crippen molar-refractivity contribution in [2.75, 3.05) is 12.5 Å². The molecule has 0 amide bonds. The largest absolute Gasteiger partial charge is 0.497 e. The van der Waals surface area contributed by atoms with Gasteiger partial charge in [-0.1, -0.05) is 54.2 Å². The number of aromatic nitrogens is 3. The summed E-state index contributed by atoms with van der Waals surface area (Å²) in [4.78, 5) is 11.8. The van der Waals surface area contributed by atoms with Crippen molar-refractivity contribution < 1.29 is 14.6 Å². The van der Waals surface area contributed by atoms with Gasteiger partial charge in [0.25, 0.3) is 0 Å². The van der Waals surface area contributed by atoms with E-state index in [1.807, 2.05) is 54.6 Å². The van der Waals surface area contributed by atoms with E-state index in [1.165, 1.54) is 11.8 Å². The van der Waals surface area contributed by atoms with Gasteiger partial charge in [-0.3, -0.25) is 4.79 Å². The lowest BCUT2D eigenvalue weighted by atomic mass is 10.0. The maximum atomic E-state index is 11.8. The molecule has 0 bridgehead atoms. The van der Waals surface area contributed by atoms with Crippen molar-refractivity contribution in [1.82, 2.24) is 14.9 Å². The first-order valence-corrected chi connectivity index (χ1v) is 8.86. The van der Waals surface area contributed by atoms with Crippen LogP contribution in [0, 0.1) is 0 Å². The molecule has 0 aliphatic carbocycles. The fraction of sp³-hybridized carbons (Fsp3) is 0.167. The minimum Gasteiger partial charge on any atom is -0.497 e. The van der Waals surface area contributed by atoms with Crippen LogP contribution in [0.1, 0.15) is 11.6 Å². The summed E-state index contributed by atoms with van der Waals surface area (Å²) in [6.45, 7) is 0. The molecule has 0 spiro atoms. The Morgan fingerprint density at radius 2 is 1.88 bits per heavy atom. The molecule has 1 aromatic heterocycles. The first-order valence-electron chi connectivity index (χ1n) is 7.98. The summed E-state index contributed by atoms with van der Waals surface area (Å²) in [6.07, 6.45) is 0. The lowest BCUT2D eigenvalue weighted by molar-refractivity contribution is -0.136. The molecule has 4 rings (SSSR count). The number of ether oxygens (including phenoxy) is 1. The number of nitrogens with one attached hydrogen (secondary N) is 1. The van der Waals surface area contributed by atoms with E-state index in [0.29, 0.717) is 11.0 Å². The quantitative estimate of drug-likeness (QED) is 0.732. The molecular formula is C18H16N4O3S. The molecule has 2 N–H and O–H groups in total. The van der Waals surface area contributed by atoms with E-state index in [1.54, 1.807) is 11.8 Å². The molecule has 2 atom stereocenters. The van der Waals surface area contributed by atoms with Crippen molar-refractivity contribution in [2.45, 2.75) is 16.4 Å². The topological polar surface area (TPSA) is 89.3 Å². The summed E-state index contributed by atoms with van der Waals surface area (Å²) >= 11 is 1.19. The van der Waals surface area contributed by atoms with Gasteiger partial charge in [0.15, 0.2) is 5.82 Å². The van der Waals surface area contributed by atoms with Crippen LogP contribution in [0.5, 0.6) is 5.75 Å². The SMILES string of the molecule is COc1ccc(C2Nn3c(nnc3-c3ccccc3)SC2C(=O)O)cc1. The monoisotopic (exact) mass is 368 g/mol. The van der Waals surface area contributed by atoms with Gasteiger partial charge in [0.1, 0.15) is 11.0 Å². The van der Waals surface area contributed by atoms with E-state index >= 15 is 0 Å². The second kappa shape index (κ2) is 6.72. The third-order valence-electron chi connectivity index (χ3n) is 4.19. The highest BCUT2D eigenvalue weighted by Gasteiger charge is 2.37. The van der Waals surface area contributed by atoms with E-state index in [4.69, 9.17) is 4.74 Å². The number of thioether (sulfide) groups is 1. The van der Waals surface area contributed by atoms with Gasteiger partial charge in [-0.05, 0) is 17.7 Å². The fourth-order valence-corrected chi connectivity index (χ4v) is 3.89. The van der Waals surface area contributed by atoms with Crippen LogP contribution in [0.4, 0.5) is 0 Å². The van der Waals surface area contributed by atoms with Gasteiger partial charge in [-0.15, -0.1) is 10.2 Å². The van der Waals surface area contributed by atoms with Gasteiger partial charge in [-0.25, -0.2) is 4.68 Å². The third-order valence-corrected chi connectivity index (χ3v) is 5.39. The van der Waals surface area contributed by atoms with Crippen LogP contribution < -0.4 is 10.2 Å². The molecule has 3 aromatic rings. The average molecular weight is 368 g/mol. The summed E-state index contributed by atoms with van der Waals surface area (Å²) < 4.78 is 6.94. The number of aliphatic carboxylic acids is 1. The standard InChI is InChI=1S/C18H16N4O3S/c1-25-13-9-7-11(8-10-13)14-15(17(23)24)26-18-20-19-16(22(18)21-14)12-5-3-2-4-6-12/h2-10,14-15,21H,1H3,(H,23,24). The molecule has 26 heavy (non-hydrogen) atoms. The smallest absolute Gasteiger partial charge is 0.319 e. The fourth-order valence-electron chi connectivity index (χ4n) is 2.88. The molecule has 2 heterocycles. The Morgan fingerprint density at radius 3 is 2.54 bits per heavy atom. The Kier molecular flexibility index (Phi) is 4.26. The van der Waals surface area contributed by atoms with E-state index in [9.17, 15) is 9.90 Å². The molecule has 0 saturated carbocycles. The number of methoxy groups -OCH3 is 1. The number of benzene rings is 2. The van der Waals surface area contributed by atoms with Crippen molar-refractivity contribution >= 4 is 17.7 Å². The maximum absolute atomic E-state index is 11.8. The zero-order chi connectivity index (χ0) is 18.1. The molecule has 1 aliphatic rings. The van der Waals surface area contributed by atoms with Crippen molar-refractivity contribution in [1.29, 1.82) is 0 Å².